The van der Waals surface area contributed by atoms with Crippen molar-refractivity contribution in [1.29, 1.82) is 0 Å². The molecule has 0 aliphatic carbocycles. The highest BCUT2D eigenvalue weighted by Gasteiger charge is 2.21. The normalized spacial score (nSPS) is 12.9. The third-order valence-electron chi connectivity index (χ3n) is 7.10. The smallest absolute Gasteiger partial charge is 0.237 e. The van der Waals surface area contributed by atoms with Crippen molar-refractivity contribution in [3.63, 3.8) is 0 Å². The molecule has 0 saturated carbocycles. The summed E-state index contributed by atoms with van der Waals surface area (Å²) in [6.45, 7) is 1.49. The fourth-order valence-corrected chi connectivity index (χ4v) is 4.66. The van der Waals surface area contributed by atoms with Crippen LogP contribution < -0.4 is 10.6 Å². The van der Waals surface area contributed by atoms with Crippen LogP contribution in [-0.4, -0.2) is 75.0 Å². The van der Waals surface area contributed by atoms with Crippen LogP contribution in [0.5, 0.6) is 0 Å². The van der Waals surface area contributed by atoms with Gasteiger partial charge in [0.15, 0.2) is 0 Å². The number of nitrogens with one attached hydrogen (secondary N) is 2. The molecule has 0 radical (unpaired) electrons. The Morgan fingerprint density at radius 1 is 0.553 bits per heavy atom. The van der Waals surface area contributed by atoms with Crippen LogP contribution in [0.4, 0.5) is 0 Å². The molecule has 2 aromatic carbocycles. The SMILES string of the molecule is CN(C)[C@@H](Cc1ccccc1)C(=O)NCCCCCCCCCCNC(=O)[C@H](Cc1ccccc1)N(C)C. The fourth-order valence-electron chi connectivity index (χ4n) is 4.66. The molecule has 0 heterocycles. The maximum Gasteiger partial charge on any atom is 0.237 e. The molecule has 0 bridgehead atoms. The van der Waals surface area contributed by atoms with E-state index in [-0.39, 0.29) is 23.9 Å². The Kier molecular flexibility index (Phi) is 15.4. The van der Waals surface area contributed by atoms with E-state index in [0.29, 0.717) is 0 Å². The van der Waals surface area contributed by atoms with E-state index in [1.165, 1.54) is 36.8 Å². The highest BCUT2D eigenvalue weighted by molar-refractivity contribution is 5.82. The second-order valence-electron chi connectivity index (χ2n) is 10.7. The lowest BCUT2D eigenvalue weighted by atomic mass is 10.0. The molecule has 0 spiro atoms. The van der Waals surface area contributed by atoms with Crippen molar-refractivity contribution in [2.45, 2.75) is 76.3 Å². The molecular weight excluding hydrogens is 472 g/mol. The van der Waals surface area contributed by atoms with Gasteiger partial charge in [-0.15, -0.1) is 0 Å². The summed E-state index contributed by atoms with van der Waals surface area (Å²) in [4.78, 5) is 29.3. The average Bonchev–Trinajstić information content (AvgIpc) is 2.91. The number of hydrogen-bond donors (Lipinski definition) is 2. The highest BCUT2D eigenvalue weighted by atomic mass is 16.2. The quantitative estimate of drug-likeness (QED) is 0.263. The van der Waals surface area contributed by atoms with Crippen LogP contribution in [-0.2, 0) is 22.4 Å². The Morgan fingerprint density at radius 2 is 0.868 bits per heavy atom. The average molecular weight is 523 g/mol. The van der Waals surface area contributed by atoms with Gasteiger partial charge in [-0.1, -0.05) is 99.2 Å². The molecule has 0 saturated heterocycles. The monoisotopic (exact) mass is 522 g/mol. The molecule has 38 heavy (non-hydrogen) atoms. The van der Waals surface area contributed by atoms with Crippen LogP contribution >= 0.6 is 0 Å². The molecule has 2 aromatic rings. The Morgan fingerprint density at radius 3 is 1.18 bits per heavy atom. The van der Waals surface area contributed by atoms with Gasteiger partial charge >= 0.3 is 0 Å². The Labute approximate surface area is 231 Å². The van der Waals surface area contributed by atoms with Gasteiger partial charge in [0.2, 0.25) is 11.8 Å². The van der Waals surface area contributed by atoms with Crippen LogP contribution in [0.3, 0.4) is 0 Å². The molecule has 2 amide bonds. The number of likely N-dealkylation sites (N-methyl/N-ethyl adjacent to an activating group) is 2. The summed E-state index contributed by atoms with van der Waals surface area (Å²) in [5.74, 6) is 0.228. The fraction of sp³-hybridized carbons (Fsp3) is 0.562. The van der Waals surface area contributed by atoms with E-state index < -0.39 is 0 Å². The second kappa shape index (κ2) is 18.5. The molecule has 2 rings (SSSR count). The zero-order chi connectivity index (χ0) is 27.6. The van der Waals surface area contributed by atoms with E-state index in [4.69, 9.17) is 0 Å². The standard InChI is InChI=1S/C32H50N4O2/c1-35(2)29(25-27-19-13-11-14-20-27)31(37)33-23-17-9-7-5-6-8-10-18-24-34-32(38)30(36(3)4)26-28-21-15-12-16-22-28/h11-16,19-22,29-30H,5-10,17-18,23-26H2,1-4H3,(H,33,37)(H,34,38)/t29-,30-/m0/s1. The van der Waals surface area contributed by atoms with Crippen molar-refractivity contribution in [1.82, 2.24) is 20.4 Å². The summed E-state index contributed by atoms with van der Waals surface area (Å²) in [6, 6.07) is 20.1. The van der Waals surface area contributed by atoms with Crippen molar-refractivity contribution in [3.8, 4) is 0 Å². The van der Waals surface area contributed by atoms with Gasteiger partial charge < -0.3 is 10.6 Å². The van der Waals surface area contributed by atoms with Gasteiger partial charge in [0.05, 0.1) is 12.1 Å². The summed E-state index contributed by atoms with van der Waals surface area (Å²) in [7, 11) is 7.86. The molecule has 6 nitrogen and oxygen atoms in total. The van der Waals surface area contributed by atoms with E-state index in [0.717, 1.165) is 51.6 Å². The molecule has 0 aliphatic heterocycles. The number of nitrogens with zero attached hydrogens (tertiary/aromatic N) is 2. The first-order chi connectivity index (χ1) is 18.4. The maximum atomic E-state index is 12.7. The van der Waals surface area contributed by atoms with Crippen molar-refractivity contribution in [2.24, 2.45) is 0 Å². The largest absolute Gasteiger partial charge is 0.355 e. The van der Waals surface area contributed by atoms with Gasteiger partial charge in [0, 0.05) is 13.1 Å². The first kappa shape index (κ1) is 31.5. The molecular formula is C32H50N4O2. The van der Waals surface area contributed by atoms with Gasteiger partial charge in [-0.05, 0) is 65.0 Å². The summed E-state index contributed by atoms with van der Waals surface area (Å²) < 4.78 is 0. The van der Waals surface area contributed by atoms with Gasteiger partial charge in [-0.2, -0.15) is 0 Å². The van der Waals surface area contributed by atoms with Gasteiger partial charge in [-0.25, -0.2) is 0 Å². The van der Waals surface area contributed by atoms with Crippen molar-refractivity contribution >= 4 is 11.8 Å². The minimum absolute atomic E-state index is 0.114. The van der Waals surface area contributed by atoms with Gasteiger partial charge in [0.25, 0.3) is 0 Å². The molecule has 0 unspecified atom stereocenters. The summed E-state index contributed by atoms with van der Waals surface area (Å²) in [5, 5.41) is 6.26. The molecule has 2 atom stereocenters. The Bertz CT molecular complexity index is 827. The molecule has 6 heteroatoms. The topological polar surface area (TPSA) is 64.7 Å². The summed E-state index contributed by atoms with van der Waals surface area (Å²) in [6.07, 6.45) is 10.7. The number of rotatable bonds is 19. The van der Waals surface area contributed by atoms with Crippen molar-refractivity contribution < 1.29 is 9.59 Å². The second-order valence-corrected chi connectivity index (χ2v) is 10.7. The highest BCUT2D eigenvalue weighted by Crippen LogP contribution is 2.10. The minimum Gasteiger partial charge on any atom is -0.355 e. The van der Waals surface area contributed by atoms with Crippen LogP contribution in [0.2, 0.25) is 0 Å². The number of amides is 2. The number of carbonyl (C=O) groups excluding carboxylic acids is 2. The summed E-state index contributed by atoms with van der Waals surface area (Å²) in [5.41, 5.74) is 2.37. The van der Waals surface area contributed by atoms with E-state index in [1.54, 1.807) is 0 Å². The van der Waals surface area contributed by atoms with E-state index >= 15 is 0 Å². The van der Waals surface area contributed by atoms with Crippen LogP contribution in [0.15, 0.2) is 60.7 Å². The molecule has 2 N–H and O–H groups in total. The Hall–Kier alpha value is -2.70. The van der Waals surface area contributed by atoms with E-state index in [9.17, 15) is 9.59 Å². The molecule has 0 fully saturated rings. The minimum atomic E-state index is -0.139. The van der Waals surface area contributed by atoms with Crippen LogP contribution in [0.25, 0.3) is 0 Å². The predicted octanol–water partition coefficient (Wildman–Crippen LogP) is 4.69. The molecule has 0 aromatic heterocycles. The predicted molar refractivity (Wildman–Crippen MR) is 158 cm³/mol. The summed E-state index contributed by atoms with van der Waals surface area (Å²) >= 11 is 0. The number of benzene rings is 2. The molecule has 0 aliphatic rings. The lowest BCUT2D eigenvalue weighted by Crippen LogP contribution is -2.45. The third-order valence-corrected chi connectivity index (χ3v) is 7.10. The van der Waals surface area contributed by atoms with Crippen molar-refractivity contribution in [3.05, 3.63) is 71.8 Å². The zero-order valence-electron chi connectivity index (χ0n) is 24.1. The van der Waals surface area contributed by atoms with Crippen LogP contribution in [0, 0.1) is 0 Å². The van der Waals surface area contributed by atoms with Crippen LogP contribution in [0.1, 0.15) is 62.5 Å². The van der Waals surface area contributed by atoms with Gasteiger partial charge in [-0.3, -0.25) is 19.4 Å². The lowest BCUT2D eigenvalue weighted by Gasteiger charge is -2.23. The maximum absolute atomic E-state index is 12.7. The van der Waals surface area contributed by atoms with E-state index in [2.05, 4.69) is 34.9 Å². The first-order valence-corrected chi connectivity index (χ1v) is 14.3. The van der Waals surface area contributed by atoms with Gasteiger partial charge in [0.1, 0.15) is 0 Å². The number of unbranched alkanes of at least 4 members (excludes halogenated alkanes) is 7. The van der Waals surface area contributed by atoms with Crippen molar-refractivity contribution in [2.75, 3.05) is 41.3 Å². The lowest BCUT2D eigenvalue weighted by molar-refractivity contribution is -0.126. The first-order valence-electron chi connectivity index (χ1n) is 14.3. The third kappa shape index (κ3) is 12.7. The number of carbonyl (C=O) groups is 2. The molecule has 210 valence electrons. The zero-order valence-corrected chi connectivity index (χ0v) is 24.1. The van der Waals surface area contributed by atoms with E-state index in [1.807, 2.05) is 74.4 Å². The Balaban J connectivity index is 1.47. The number of hydrogen-bond acceptors (Lipinski definition) is 4.